The molecular formula is C11H16BrCl2NO. The summed E-state index contributed by atoms with van der Waals surface area (Å²) in [7, 11) is 0. The Balaban J connectivity index is 0.00000225. The summed E-state index contributed by atoms with van der Waals surface area (Å²) in [5.41, 5.74) is 6.69. The van der Waals surface area contributed by atoms with Crippen LogP contribution >= 0.6 is 39.9 Å². The molecule has 0 aliphatic heterocycles. The molecule has 0 saturated heterocycles. The topological polar surface area (TPSA) is 46.2 Å². The van der Waals surface area contributed by atoms with Crippen LogP contribution in [0.4, 0.5) is 0 Å². The van der Waals surface area contributed by atoms with Crippen LogP contribution in [0, 0.1) is 5.92 Å². The highest BCUT2D eigenvalue weighted by molar-refractivity contribution is 9.10. The van der Waals surface area contributed by atoms with Crippen LogP contribution in [0.3, 0.4) is 0 Å². The zero-order valence-corrected chi connectivity index (χ0v) is 12.4. The highest BCUT2D eigenvalue weighted by Crippen LogP contribution is 2.35. The molecule has 0 radical (unpaired) electrons. The number of phenols is 1. The van der Waals surface area contributed by atoms with Crippen LogP contribution in [0.15, 0.2) is 16.6 Å². The normalized spacial score (nSPS) is 12.4. The van der Waals surface area contributed by atoms with Crippen LogP contribution in [0.1, 0.15) is 31.9 Å². The van der Waals surface area contributed by atoms with Gasteiger partial charge < -0.3 is 10.8 Å². The van der Waals surface area contributed by atoms with Gasteiger partial charge in [-0.3, -0.25) is 0 Å². The first-order valence-corrected chi connectivity index (χ1v) is 6.02. The van der Waals surface area contributed by atoms with Crippen molar-refractivity contribution in [3.63, 3.8) is 0 Å². The minimum Gasteiger partial charge on any atom is -0.506 e. The molecule has 1 atom stereocenters. The molecule has 1 aromatic rings. The van der Waals surface area contributed by atoms with Crippen LogP contribution in [0.5, 0.6) is 5.75 Å². The Morgan fingerprint density at radius 1 is 1.44 bits per heavy atom. The SMILES string of the molecule is CC(C)C[C@H](N)c1cc(Br)cc(Cl)c1O.Cl. The Bertz CT molecular complexity index is 358. The maximum atomic E-state index is 9.77. The van der Waals surface area contributed by atoms with Crippen LogP contribution in [-0.4, -0.2) is 5.11 Å². The Labute approximate surface area is 116 Å². The van der Waals surface area contributed by atoms with E-state index >= 15 is 0 Å². The standard InChI is InChI=1S/C11H15BrClNO.ClH/c1-6(2)3-10(14)8-4-7(12)5-9(13)11(8)15;/h4-6,10,15H,3,14H2,1-2H3;1H/t10-;/m0./s1. The number of aromatic hydroxyl groups is 1. The van der Waals surface area contributed by atoms with E-state index in [0.717, 1.165) is 10.9 Å². The van der Waals surface area contributed by atoms with Gasteiger partial charge in [0.05, 0.1) is 5.02 Å². The van der Waals surface area contributed by atoms with Crippen molar-refractivity contribution in [1.29, 1.82) is 0 Å². The largest absolute Gasteiger partial charge is 0.506 e. The first kappa shape index (κ1) is 16.0. The number of halogens is 3. The molecule has 0 spiro atoms. The summed E-state index contributed by atoms with van der Waals surface area (Å²) in [6.45, 7) is 4.19. The lowest BCUT2D eigenvalue weighted by molar-refractivity contribution is 0.445. The fraction of sp³-hybridized carbons (Fsp3) is 0.455. The predicted octanol–water partition coefficient (Wildman–Crippen LogP) is 4.28. The average molecular weight is 329 g/mol. The molecule has 0 unspecified atom stereocenters. The summed E-state index contributed by atoms with van der Waals surface area (Å²) in [6, 6.07) is 3.29. The molecule has 1 aromatic carbocycles. The number of hydrogen-bond acceptors (Lipinski definition) is 2. The van der Waals surface area contributed by atoms with Gasteiger partial charge in [0.2, 0.25) is 0 Å². The first-order valence-electron chi connectivity index (χ1n) is 4.85. The second-order valence-electron chi connectivity index (χ2n) is 4.06. The van der Waals surface area contributed by atoms with E-state index in [1.807, 2.05) is 6.07 Å². The molecule has 0 fully saturated rings. The Morgan fingerprint density at radius 2 is 2.00 bits per heavy atom. The molecule has 0 saturated carbocycles. The molecule has 92 valence electrons. The van der Waals surface area contributed by atoms with E-state index < -0.39 is 0 Å². The van der Waals surface area contributed by atoms with Gasteiger partial charge in [-0.1, -0.05) is 41.4 Å². The third-order valence-electron chi connectivity index (χ3n) is 2.18. The van der Waals surface area contributed by atoms with Crippen molar-refractivity contribution in [2.45, 2.75) is 26.3 Å². The Morgan fingerprint density at radius 3 is 2.50 bits per heavy atom. The summed E-state index contributed by atoms with van der Waals surface area (Å²) in [4.78, 5) is 0. The number of nitrogens with two attached hydrogens (primary N) is 1. The minimum atomic E-state index is -0.181. The van der Waals surface area contributed by atoms with E-state index in [-0.39, 0.29) is 24.2 Å². The summed E-state index contributed by atoms with van der Waals surface area (Å²) in [5, 5.41) is 10.1. The van der Waals surface area contributed by atoms with Crippen molar-refractivity contribution >= 4 is 39.9 Å². The number of rotatable bonds is 3. The third-order valence-corrected chi connectivity index (χ3v) is 2.93. The van der Waals surface area contributed by atoms with E-state index in [1.165, 1.54) is 0 Å². The summed E-state index contributed by atoms with van der Waals surface area (Å²) < 4.78 is 0.833. The monoisotopic (exact) mass is 327 g/mol. The van der Waals surface area contributed by atoms with Gasteiger partial charge in [-0.05, 0) is 24.5 Å². The van der Waals surface area contributed by atoms with Crippen molar-refractivity contribution < 1.29 is 5.11 Å². The zero-order chi connectivity index (χ0) is 11.6. The Hall–Kier alpha value is 0.0400. The number of benzene rings is 1. The van der Waals surface area contributed by atoms with E-state index in [2.05, 4.69) is 29.8 Å². The molecule has 5 heteroatoms. The van der Waals surface area contributed by atoms with Gasteiger partial charge in [0.1, 0.15) is 5.75 Å². The van der Waals surface area contributed by atoms with Crippen molar-refractivity contribution in [3.8, 4) is 5.75 Å². The molecular weight excluding hydrogens is 313 g/mol. The summed E-state index contributed by atoms with van der Waals surface area (Å²) in [5.74, 6) is 0.574. The molecule has 0 aromatic heterocycles. The minimum absolute atomic E-state index is 0. The van der Waals surface area contributed by atoms with Crippen LogP contribution in [0.2, 0.25) is 5.02 Å². The van der Waals surface area contributed by atoms with Crippen LogP contribution in [-0.2, 0) is 0 Å². The fourth-order valence-corrected chi connectivity index (χ4v) is 2.34. The molecule has 0 aliphatic rings. The molecule has 0 aliphatic carbocycles. The van der Waals surface area contributed by atoms with Crippen LogP contribution < -0.4 is 5.73 Å². The van der Waals surface area contributed by atoms with E-state index in [4.69, 9.17) is 17.3 Å². The van der Waals surface area contributed by atoms with Gasteiger partial charge in [-0.15, -0.1) is 12.4 Å². The molecule has 16 heavy (non-hydrogen) atoms. The molecule has 1 rings (SSSR count). The lowest BCUT2D eigenvalue weighted by Gasteiger charge is -2.16. The van der Waals surface area contributed by atoms with Gasteiger partial charge in [0, 0.05) is 16.1 Å². The van der Waals surface area contributed by atoms with E-state index in [9.17, 15) is 5.11 Å². The Kier molecular flexibility index (Phi) is 6.71. The molecule has 2 nitrogen and oxygen atoms in total. The van der Waals surface area contributed by atoms with Gasteiger partial charge >= 0.3 is 0 Å². The van der Waals surface area contributed by atoms with Crippen LogP contribution in [0.25, 0.3) is 0 Å². The van der Waals surface area contributed by atoms with Crippen molar-refractivity contribution in [2.24, 2.45) is 11.7 Å². The molecule has 0 bridgehead atoms. The fourth-order valence-electron chi connectivity index (χ4n) is 1.50. The second kappa shape index (κ2) is 6.70. The van der Waals surface area contributed by atoms with Gasteiger partial charge in [0.15, 0.2) is 0 Å². The molecule has 3 N–H and O–H groups in total. The van der Waals surface area contributed by atoms with Gasteiger partial charge in [-0.2, -0.15) is 0 Å². The third kappa shape index (κ3) is 4.13. The summed E-state index contributed by atoms with van der Waals surface area (Å²) >= 11 is 9.19. The highest BCUT2D eigenvalue weighted by Gasteiger charge is 2.15. The zero-order valence-electron chi connectivity index (χ0n) is 9.21. The average Bonchev–Trinajstić information content (AvgIpc) is 2.09. The van der Waals surface area contributed by atoms with Crippen molar-refractivity contribution in [3.05, 3.63) is 27.2 Å². The van der Waals surface area contributed by atoms with Gasteiger partial charge in [0.25, 0.3) is 0 Å². The first-order chi connectivity index (χ1) is 6.91. The van der Waals surface area contributed by atoms with E-state index in [1.54, 1.807) is 6.07 Å². The molecule has 0 heterocycles. The number of phenolic OH excluding ortho intramolecular Hbond substituents is 1. The lowest BCUT2D eigenvalue weighted by Crippen LogP contribution is -2.13. The highest BCUT2D eigenvalue weighted by atomic mass is 79.9. The predicted molar refractivity (Wildman–Crippen MR) is 74.4 cm³/mol. The lowest BCUT2D eigenvalue weighted by atomic mass is 9.97. The van der Waals surface area contributed by atoms with E-state index in [0.29, 0.717) is 16.5 Å². The quantitative estimate of drug-likeness (QED) is 0.870. The van der Waals surface area contributed by atoms with Crippen molar-refractivity contribution in [1.82, 2.24) is 0 Å². The number of hydrogen-bond donors (Lipinski definition) is 2. The summed E-state index contributed by atoms with van der Waals surface area (Å²) in [6.07, 6.45) is 0.820. The van der Waals surface area contributed by atoms with Crippen molar-refractivity contribution in [2.75, 3.05) is 0 Å². The maximum absolute atomic E-state index is 9.77. The second-order valence-corrected chi connectivity index (χ2v) is 5.38. The smallest absolute Gasteiger partial charge is 0.139 e. The van der Waals surface area contributed by atoms with Gasteiger partial charge in [-0.25, -0.2) is 0 Å². The maximum Gasteiger partial charge on any atom is 0.139 e. The molecule has 0 amide bonds.